The van der Waals surface area contributed by atoms with Crippen molar-refractivity contribution in [1.29, 1.82) is 0 Å². The molecule has 0 bridgehead atoms. The zero-order valence-corrected chi connectivity index (χ0v) is 21.1. The van der Waals surface area contributed by atoms with Gasteiger partial charge in [0.1, 0.15) is 5.69 Å². The van der Waals surface area contributed by atoms with Crippen LogP contribution < -0.4 is 10.6 Å². The van der Waals surface area contributed by atoms with Gasteiger partial charge >= 0.3 is 6.01 Å². The molecule has 2 aliphatic rings. The molecule has 2 fully saturated rings. The van der Waals surface area contributed by atoms with Crippen molar-refractivity contribution in [2.24, 2.45) is 5.41 Å². The first-order valence-corrected chi connectivity index (χ1v) is 12.2. The standard InChI is InChI=1S/C26H31F4N5O/c1-13-6-19(21-34-35-23(36-21)32-15-9-25(5,10-15)22(27)28)33-20-17(13)7-14(8-18(20)24(2,3)4)31-16-11-26(29,30)12-16/h6-8,15-16,22,31H,9-12H2,1-5H3,(H,32,35). The number of alkyl halides is 4. The third-order valence-corrected chi connectivity index (χ3v) is 7.31. The topological polar surface area (TPSA) is 75.9 Å². The zero-order chi connectivity index (χ0) is 26.0. The van der Waals surface area contributed by atoms with E-state index in [-0.39, 0.29) is 42.2 Å². The highest BCUT2D eigenvalue weighted by molar-refractivity contribution is 5.91. The Bertz CT molecular complexity index is 1290. The van der Waals surface area contributed by atoms with Gasteiger partial charge in [-0.05, 0) is 54.5 Å². The molecule has 1 aromatic carbocycles. The van der Waals surface area contributed by atoms with Gasteiger partial charge in [0.2, 0.25) is 6.43 Å². The number of benzene rings is 1. The second-order valence-corrected chi connectivity index (χ2v) is 11.7. The second kappa shape index (κ2) is 8.31. The number of fused-ring (bicyclic) bond motifs is 1. The van der Waals surface area contributed by atoms with E-state index < -0.39 is 17.8 Å². The van der Waals surface area contributed by atoms with Gasteiger partial charge in [-0.25, -0.2) is 22.5 Å². The molecule has 36 heavy (non-hydrogen) atoms. The molecule has 2 heterocycles. The van der Waals surface area contributed by atoms with Crippen LogP contribution in [0.25, 0.3) is 22.5 Å². The molecule has 0 aliphatic heterocycles. The predicted octanol–water partition coefficient (Wildman–Crippen LogP) is 6.95. The molecule has 0 radical (unpaired) electrons. The molecule has 2 N–H and O–H groups in total. The van der Waals surface area contributed by atoms with E-state index in [0.717, 1.165) is 27.7 Å². The summed E-state index contributed by atoms with van der Waals surface area (Å²) in [7, 11) is 0. The van der Waals surface area contributed by atoms with Crippen molar-refractivity contribution in [2.45, 2.75) is 90.1 Å². The molecule has 10 heteroatoms. The third kappa shape index (κ3) is 4.62. The molecule has 194 valence electrons. The fourth-order valence-electron chi connectivity index (χ4n) is 5.16. The fraction of sp³-hybridized carbons (Fsp3) is 0.577. The fourth-order valence-corrected chi connectivity index (χ4v) is 5.16. The molecule has 0 unspecified atom stereocenters. The Labute approximate surface area is 207 Å². The number of nitrogens with one attached hydrogen (secondary N) is 2. The van der Waals surface area contributed by atoms with E-state index in [1.165, 1.54) is 0 Å². The Kier molecular flexibility index (Phi) is 5.72. The van der Waals surface area contributed by atoms with Gasteiger partial charge in [-0.1, -0.05) is 32.8 Å². The average molecular weight is 506 g/mol. The lowest BCUT2D eigenvalue weighted by molar-refractivity contribution is -0.0793. The Morgan fingerprint density at radius 3 is 2.28 bits per heavy atom. The molecule has 2 aliphatic carbocycles. The van der Waals surface area contributed by atoms with Crippen molar-refractivity contribution in [3.8, 4) is 11.6 Å². The van der Waals surface area contributed by atoms with Gasteiger partial charge in [-0.3, -0.25) is 0 Å². The van der Waals surface area contributed by atoms with E-state index in [9.17, 15) is 17.6 Å². The lowest BCUT2D eigenvalue weighted by Gasteiger charge is -2.44. The van der Waals surface area contributed by atoms with Crippen LogP contribution in [0, 0.1) is 12.3 Å². The molecule has 2 aromatic heterocycles. The highest BCUT2D eigenvalue weighted by atomic mass is 19.3. The summed E-state index contributed by atoms with van der Waals surface area (Å²) in [6.45, 7) is 9.76. The molecule has 0 spiro atoms. The smallest absolute Gasteiger partial charge is 0.316 e. The quantitative estimate of drug-likeness (QED) is 0.353. The maximum atomic E-state index is 13.3. The minimum atomic E-state index is -2.59. The van der Waals surface area contributed by atoms with Crippen molar-refractivity contribution in [3.63, 3.8) is 0 Å². The van der Waals surface area contributed by atoms with Gasteiger partial charge in [0.25, 0.3) is 11.8 Å². The lowest BCUT2D eigenvalue weighted by Crippen LogP contribution is -2.47. The van der Waals surface area contributed by atoms with Gasteiger partial charge in [-0.2, -0.15) is 0 Å². The van der Waals surface area contributed by atoms with Crippen LogP contribution in [0.1, 0.15) is 64.5 Å². The Morgan fingerprint density at radius 2 is 1.67 bits per heavy atom. The molecule has 0 saturated heterocycles. The maximum absolute atomic E-state index is 13.3. The second-order valence-electron chi connectivity index (χ2n) is 11.7. The van der Waals surface area contributed by atoms with E-state index >= 15 is 0 Å². The highest BCUT2D eigenvalue weighted by Crippen LogP contribution is 2.46. The molecule has 0 amide bonds. The van der Waals surface area contributed by atoms with Crippen LogP contribution in [0.3, 0.4) is 0 Å². The van der Waals surface area contributed by atoms with Gasteiger partial charge in [0.15, 0.2) is 0 Å². The summed E-state index contributed by atoms with van der Waals surface area (Å²) in [4.78, 5) is 4.85. The molecule has 5 rings (SSSR count). The van der Waals surface area contributed by atoms with Crippen LogP contribution in [-0.4, -0.2) is 39.6 Å². The summed E-state index contributed by atoms with van der Waals surface area (Å²) >= 11 is 0. The van der Waals surface area contributed by atoms with Crippen LogP contribution >= 0.6 is 0 Å². The van der Waals surface area contributed by atoms with E-state index in [1.54, 1.807) is 6.92 Å². The average Bonchev–Trinajstić information content (AvgIpc) is 3.19. The normalized spacial score (nSPS) is 24.0. The number of aromatic nitrogens is 3. The lowest BCUT2D eigenvalue weighted by atomic mass is 9.67. The summed E-state index contributed by atoms with van der Waals surface area (Å²) in [6.07, 6.45) is -2.02. The van der Waals surface area contributed by atoms with Crippen molar-refractivity contribution in [2.75, 3.05) is 10.6 Å². The number of anilines is 2. The first-order valence-electron chi connectivity index (χ1n) is 12.2. The number of pyridine rings is 1. The van der Waals surface area contributed by atoms with Crippen LogP contribution in [0.5, 0.6) is 0 Å². The summed E-state index contributed by atoms with van der Waals surface area (Å²) < 4.78 is 58.7. The number of rotatable bonds is 6. The molecule has 0 atom stereocenters. The number of halogens is 4. The van der Waals surface area contributed by atoms with Gasteiger partial charge in [-0.15, -0.1) is 5.10 Å². The first-order chi connectivity index (χ1) is 16.7. The van der Waals surface area contributed by atoms with E-state index in [0.29, 0.717) is 18.5 Å². The minimum absolute atomic E-state index is 0.141. The first kappa shape index (κ1) is 24.8. The summed E-state index contributed by atoms with van der Waals surface area (Å²) in [5.41, 5.74) is 2.75. The monoisotopic (exact) mass is 505 g/mol. The summed E-state index contributed by atoms with van der Waals surface area (Å²) in [5, 5.41) is 15.4. The maximum Gasteiger partial charge on any atom is 0.316 e. The molecule has 3 aromatic rings. The largest absolute Gasteiger partial charge is 0.402 e. The minimum Gasteiger partial charge on any atom is -0.402 e. The van der Waals surface area contributed by atoms with Crippen LogP contribution in [0.4, 0.5) is 29.3 Å². The van der Waals surface area contributed by atoms with Crippen molar-refractivity contribution < 1.29 is 22.0 Å². The van der Waals surface area contributed by atoms with Gasteiger partial charge in [0.05, 0.1) is 5.52 Å². The van der Waals surface area contributed by atoms with Crippen LogP contribution in [-0.2, 0) is 5.41 Å². The van der Waals surface area contributed by atoms with Crippen LogP contribution in [0.15, 0.2) is 22.6 Å². The van der Waals surface area contributed by atoms with Gasteiger partial charge in [0, 0.05) is 41.4 Å². The zero-order valence-electron chi connectivity index (χ0n) is 21.1. The predicted molar refractivity (Wildman–Crippen MR) is 131 cm³/mol. The Balaban J connectivity index is 1.42. The van der Waals surface area contributed by atoms with E-state index in [1.807, 2.05) is 25.1 Å². The van der Waals surface area contributed by atoms with Gasteiger partial charge < -0.3 is 15.1 Å². The molecular formula is C26H31F4N5O. The highest BCUT2D eigenvalue weighted by Gasteiger charge is 2.48. The summed E-state index contributed by atoms with van der Waals surface area (Å²) in [6, 6.07) is 5.56. The molecule has 6 nitrogen and oxygen atoms in total. The SMILES string of the molecule is Cc1cc(-c2nnc(NC3CC(C)(C(F)F)C3)o2)nc2c(C(C)(C)C)cc(NC3CC(F)(F)C3)cc12. The van der Waals surface area contributed by atoms with E-state index in [2.05, 4.69) is 41.6 Å². The van der Waals surface area contributed by atoms with E-state index in [4.69, 9.17) is 9.40 Å². The summed E-state index contributed by atoms with van der Waals surface area (Å²) in [5.74, 6) is -2.36. The number of aryl methyl sites for hydroxylation is 1. The Morgan fingerprint density at radius 1 is 1.00 bits per heavy atom. The number of hydrogen-bond donors (Lipinski definition) is 2. The third-order valence-electron chi connectivity index (χ3n) is 7.31. The number of nitrogens with zero attached hydrogens (tertiary/aromatic N) is 3. The van der Waals surface area contributed by atoms with Crippen molar-refractivity contribution in [3.05, 3.63) is 29.3 Å². The molecule has 2 saturated carbocycles. The Hall–Kier alpha value is -2.91. The number of hydrogen-bond acceptors (Lipinski definition) is 6. The van der Waals surface area contributed by atoms with Crippen molar-refractivity contribution in [1.82, 2.24) is 15.2 Å². The molecular weight excluding hydrogens is 474 g/mol. The van der Waals surface area contributed by atoms with Crippen molar-refractivity contribution >= 4 is 22.6 Å². The van der Waals surface area contributed by atoms with Crippen LogP contribution in [0.2, 0.25) is 0 Å².